The Kier molecular flexibility index (Phi) is 5.60. The molecule has 0 aliphatic carbocycles. The van der Waals surface area contributed by atoms with E-state index in [1.807, 2.05) is 36.4 Å². The molecule has 5 rings (SSSR count). The number of nitrogens with one attached hydrogen (secondary N) is 1. The van der Waals surface area contributed by atoms with Crippen LogP contribution in [0.4, 0.5) is 5.82 Å². The van der Waals surface area contributed by atoms with E-state index in [2.05, 4.69) is 21.4 Å². The first-order valence-electron chi connectivity index (χ1n) is 10.2. The highest BCUT2D eigenvalue weighted by Gasteiger charge is 2.18. The molecule has 31 heavy (non-hydrogen) atoms. The topological polar surface area (TPSA) is 73.3 Å². The second kappa shape index (κ2) is 8.83. The Morgan fingerprint density at radius 1 is 1.13 bits per heavy atom. The number of aromatic nitrogens is 2. The van der Waals surface area contributed by atoms with Gasteiger partial charge in [0.2, 0.25) is 0 Å². The van der Waals surface area contributed by atoms with E-state index in [-0.39, 0.29) is 12.0 Å². The molecule has 1 N–H and O–H groups in total. The molecule has 1 atom stereocenters. The van der Waals surface area contributed by atoms with Crippen LogP contribution in [0.2, 0.25) is 0 Å². The minimum atomic E-state index is -0.261. The average Bonchev–Trinajstić information content (AvgIpc) is 3.48. The van der Waals surface area contributed by atoms with Gasteiger partial charge in [-0.15, -0.1) is 11.3 Å². The number of pyridine rings is 1. The number of amides is 1. The molecule has 7 heteroatoms. The van der Waals surface area contributed by atoms with E-state index in [1.54, 1.807) is 35.7 Å². The van der Waals surface area contributed by atoms with Crippen molar-refractivity contribution in [2.75, 3.05) is 18.5 Å². The molecule has 0 saturated carbocycles. The molecule has 0 spiro atoms. The SMILES string of the molecule is O=C(Nc1ccc(-c2nc3ccccc3s2)cn1)c1ccccc1OCC1CCCO1. The van der Waals surface area contributed by atoms with E-state index in [4.69, 9.17) is 9.47 Å². The number of carbonyl (C=O) groups is 1. The van der Waals surface area contributed by atoms with Crippen LogP contribution in [0, 0.1) is 0 Å². The summed E-state index contributed by atoms with van der Waals surface area (Å²) in [7, 11) is 0. The number of anilines is 1. The number of rotatable bonds is 6. The van der Waals surface area contributed by atoms with Gasteiger partial charge in [0.05, 0.1) is 21.9 Å². The molecule has 4 aromatic rings. The van der Waals surface area contributed by atoms with Crippen molar-refractivity contribution in [2.45, 2.75) is 18.9 Å². The normalized spacial score (nSPS) is 15.8. The molecular weight excluding hydrogens is 410 g/mol. The van der Waals surface area contributed by atoms with Crippen LogP contribution in [-0.2, 0) is 4.74 Å². The largest absolute Gasteiger partial charge is 0.490 e. The van der Waals surface area contributed by atoms with Crippen LogP contribution in [0.3, 0.4) is 0 Å². The van der Waals surface area contributed by atoms with E-state index >= 15 is 0 Å². The van der Waals surface area contributed by atoms with Crippen molar-refractivity contribution in [3.63, 3.8) is 0 Å². The van der Waals surface area contributed by atoms with Gasteiger partial charge in [-0.2, -0.15) is 0 Å². The highest BCUT2D eigenvalue weighted by Crippen LogP contribution is 2.30. The van der Waals surface area contributed by atoms with E-state index in [0.717, 1.165) is 40.2 Å². The predicted octanol–water partition coefficient (Wildman–Crippen LogP) is 5.17. The van der Waals surface area contributed by atoms with Gasteiger partial charge in [-0.05, 0) is 49.2 Å². The van der Waals surface area contributed by atoms with Crippen molar-refractivity contribution in [3.05, 3.63) is 72.4 Å². The van der Waals surface area contributed by atoms with Gasteiger partial charge < -0.3 is 14.8 Å². The fourth-order valence-corrected chi connectivity index (χ4v) is 4.47. The van der Waals surface area contributed by atoms with E-state index in [9.17, 15) is 4.79 Å². The van der Waals surface area contributed by atoms with Gasteiger partial charge in [-0.3, -0.25) is 4.79 Å². The van der Waals surface area contributed by atoms with Crippen LogP contribution in [0.1, 0.15) is 23.2 Å². The zero-order valence-electron chi connectivity index (χ0n) is 16.8. The van der Waals surface area contributed by atoms with Crippen molar-refractivity contribution in [2.24, 2.45) is 0 Å². The Hall–Kier alpha value is -3.29. The van der Waals surface area contributed by atoms with Crippen molar-refractivity contribution in [3.8, 4) is 16.3 Å². The zero-order chi connectivity index (χ0) is 21.0. The molecule has 0 radical (unpaired) electrons. The van der Waals surface area contributed by atoms with Gasteiger partial charge in [0.15, 0.2) is 0 Å². The standard InChI is InChI=1S/C24H21N3O3S/c28-23(18-7-1-3-9-20(18)30-15-17-6-5-13-29-17)27-22-12-11-16(14-25-22)24-26-19-8-2-4-10-21(19)31-24/h1-4,7-12,14,17H,5-6,13,15H2,(H,25,27,28). The smallest absolute Gasteiger partial charge is 0.260 e. The Balaban J connectivity index is 1.28. The third-order valence-electron chi connectivity index (χ3n) is 5.13. The third-order valence-corrected chi connectivity index (χ3v) is 6.21. The van der Waals surface area contributed by atoms with E-state index in [0.29, 0.717) is 23.7 Å². The van der Waals surface area contributed by atoms with Crippen molar-refractivity contribution < 1.29 is 14.3 Å². The number of fused-ring (bicyclic) bond motifs is 1. The monoisotopic (exact) mass is 431 g/mol. The summed E-state index contributed by atoms with van der Waals surface area (Å²) in [6.45, 7) is 1.22. The van der Waals surface area contributed by atoms with E-state index < -0.39 is 0 Å². The molecule has 156 valence electrons. The molecule has 1 fully saturated rings. The molecule has 0 bridgehead atoms. The second-order valence-electron chi connectivity index (χ2n) is 7.32. The minimum absolute atomic E-state index is 0.0906. The molecular formula is C24H21N3O3S. The minimum Gasteiger partial charge on any atom is -0.490 e. The molecule has 1 aliphatic rings. The molecule has 1 saturated heterocycles. The van der Waals surface area contributed by atoms with Crippen molar-refractivity contribution in [1.82, 2.24) is 9.97 Å². The summed E-state index contributed by atoms with van der Waals surface area (Å²) in [5.74, 6) is 0.758. The quantitative estimate of drug-likeness (QED) is 0.456. The van der Waals surface area contributed by atoms with Crippen LogP contribution >= 0.6 is 11.3 Å². The molecule has 3 heterocycles. The zero-order valence-corrected chi connectivity index (χ0v) is 17.6. The van der Waals surface area contributed by atoms with Gasteiger partial charge in [0, 0.05) is 18.4 Å². The van der Waals surface area contributed by atoms with Gasteiger partial charge >= 0.3 is 0 Å². The van der Waals surface area contributed by atoms with Gasteiger partial charge in [-0.1, -0.05) is 24.3 Å². The maximum Gasteiger partial charge on any atom is 0.260 e. The van der Waals surface area contributed by atoms with Crippen LogP contribution < -0.4 is 10.1 Å². The molecule has 1 aliphatic heterocycles. The second-order valence-corrected chi connectivity index (χ2v) is 8.35. The summed E-state index contributed by atoms with van der Waals surface area (Å²) in [5, 5.41) is 3.76. The number of para-hydroxylation sites is 2. The van der Waals surface area contributed by atoms with Crippen molar-refractivity contribution >= 4 is 33.3 Å². The van der Waals surface area contributed by atoms with Crippen LogP contribution in [0.5, 0.6) is 5.75 Å². The Labute approximate surface area is 183 Å². The lowest BCUT2D eigenvalue weighted by Crippen LogP contribution is -2.19. The lowest BCUT2D eigenvalue weighted by Gasteiger charge is -2.14. The van der Waals surface area contributed by atoms with Gasteiger partial charge in [-0.25, -0.2) is 9.97 Å². The number of benzene rings is 2. The maximum atomic E-state index is 12.8. The summed E-state index contributed by atoms with van der Waals surface area (Å²) in [6, 6.07) is 18.9. The van der Waals surface area contributed by atoms with Crippen LogP contribution in [0.25, 0.3) is 20.8 Å². The van der Waals surface area contributed by atoms with Gasteiger partial charge in [0.1, 0.15) is 23.2 Å². The molecule has 1 unspecified atom stereocenters. The fraction of sp³-hybridized carbons (Fsp3) is 0.208. The Bertz CT molecular complexity index is 1170. The molecule has 2 aromatic heterocycles. The molecule has 6 nitrogen and oxygen atoms in total. The number of ether oxygens (including phenoxy) is 2. The molecule has 2 aromatic carbocycles. The Morgan fingerprint density at radius 3 is 2.81 bits per heavy atom. The first kappa shape index (κ1) is 19.7. The third kappa shape index (κ3) is 4.42. The summed E-state index contributed by atoms with van der Waals surface area (Å²) >= 11 is 1.62. The lowest BCUT2D eigenvalue weighted by molar-refractivity contribution is 0.0673. The molecule has 1 amide bonds. The summed E-state index contributed by atoms with van der Waals surface area (Å²) in [4.78, 5) is 21.9. The van der Waals surface area contributed by atoms with Crippen LogP contribution in [0.15, 0.2) is 66.9 Å². The number of carbonyl (C=O) groups excluding carboxylic acids is 1. The maximum absolute atomic E-state index is 12.8. The first-order valence-corrected chi connectivity index (χ1v) is 11.0. The average molecular weight is 432 g/mol. The number of hydrogen-bond donors (Lipinski definition) is 1. The highest BCUT2D eigenvalue weighted by molar-refractivity contribution is 7.21. The lowest BCUT2D eigenvalue weighted by atomic mass is 10.2. The number of hydrogen-bond acceptors (Lipinski definition) is 6. The Morgan fingerprint density at radius 2 is 2.00 bits per heavy atom. The summed E-state index contributed by atoms with van der Waals surface area (Å²) < 4.78 is 12.6. The first-order chi connectivity index (χ1) is 15.3. The van der Waals surface area contributed by atoms with E-state index in [1.165, 1.54) is 0 Å². The number of nitrogens with zero attached hydrogens (tertiary/aromatic N) is 2. The van der Waals surface area contributed by atoms with Crippen LogP contribution in [-0.4, -0.2) is 35.2 Å². The fourth-order valence-electron chi connectivity index (χ4n) is 3.51. The summed E-state index contributed by atoms with van der Waals surface area (Å²) in [5.41, 5.74) is 2.36. The number of thiazole rings is 1. The highest BCUT2D eigenvalue weighted by atomic mass is 32.1. The van der Waals surface area contributed by atoms with Gasteiger partial charge in [0.25, 0.3) is 5.91 Å². The van der Waals surface area contributed by atoms with Crippen molar-refractivity contribution in [1.29, 1.82) is 0 Å². The predicted molar refractivity (Wildman–Crippen MR) is 122 cm³/mol. The summed E-state index contributed by atoms with van der Waals surface area (Å²) in [6.07, 6.45) is 3.86.